The van der Waals surface area contributed by atoms with Crippen LogP contribution in [-0.4, -0.2) is 41.4 Å². The van der Waals surface area contributed by atoms with Crippen molar-refractivity contribution in [1.82, 2.24) is 14.7 Å². The average molecular weight is 329 g/mol. The standard InChI is InChI=1S/C14H20FN3O3S/c1-12-4-8-21-14(12)11-17(7-9-22(15,19)20)13(2)10-18-6-3-5-16-18/h3-6,8,13H,7,9-11H2,1-2H3. The van der Waals surface area contributed by atoms with Crippen LogP contribution in [-0.2, 0) is 23.3 Å². The third-order valence-electron chi connectivity index (χ3n) is 3.57. The van der Waals surface area contributed by atoms with Gasteiger partial charge in [0.1, 0.15) is 5.76 Å². The van der Waals surface area contributed by atoms with E-state index in [2.05, 4.69) is 5.10 Å². The summed E-state index contributed by atoms with van der Waals surface area (Å²) in [6, 6.07) is 3.64. The molecule has 0 aliphatic rings. The van der Waals surface area contributed by atoms with E-state index >= 15 is 0 Å². The van der Waals surface area contributed by atoms with E-state index in [1.54, 1.807) is 17.1 Å². The van der Waals surface area contributed by atoms with E-state index < -0.39 is 16.0 Å². The summed E-state index contributed by atoms with van der Waals surface area (Å²) >= 11 is 0. The summed E-state index contributed by atoms with van der Waals surface area (Å²) in [7, 11) is -4.50. The number of rotatable bonds is 8. The first-order chi connectivity index (χ1) is 10.3. The van der Waals surface area contributed by atoms with Crippen LogP contribution in [0.1, 0.15) is 18.2 Å². The first-order valence-electron chi connectivity index (χ1n) is 7.02. The maximum atomic E-state index is 12.9. The van der Waals surface area contributed by atoms with Gasteiger partial charge < -0.3 is 4.42 Å². The SMILES string of the molecule is Cc1ccoc1CN(CCS(=O)(=O)F)C(C)Cn1cccn1. The molecular weight excluding hydrogens is 309 g/mol. The molecule has 0 N–H and O–H groups in total. The number of nitrogens with zero attached hydrogens (tertiary/aromatic N) is 3. The molecule has 0 radical (unpaired) electrons. The van der Waals surface area contributed by atoms with Crippen LogP contribution >= 0.6 is 0 Å². The molecule has 22 heavy (non-hydrogen) atoms. The number of hydrogen-bond donors (Lipinski definition) is 0. The Hall–Kier alpha value is -1.67. The van der Waals surface area contributed by atoms with E-state index in [0.717, 1.165) is 11.3 Å². The van der Waals surface area contributed by atoms with E-state index in [1.165, 1.54) is 0 Å². The second-order valence-corrected chi connectivity index (χ2v) is 6.80. The quantitative estimate of drug-likeness (QED) is 0.693. The molecule has 0 saturated heterocycles. The topological polar surface area (TPSA) is 68.3 Å². The minimum atomic E-state index is -4.50. The van der Waals surface area contributed by atoms with Gasteiger partial charge in [-0.05, 0) is 31.5 Å². The van der Waals surface area contributed by atoms with Crippen molar-refractivity contribution in [3.63, 3.8) is 0 Å². The van der Waals surface area contributed by atoms with Gasteiger partial charge in [-0.25, -0.2) is 0 Å². The van der Waals surface area contributed by atoms with Crippen molar-refractivity contribution in [2.75, 3.05) is 12.3 Å². The van der Waals surface area contributed by atoms with Gasteiger partial charge in [0.25, 0.3) is 0 Å². The molecule has 0 aromatic carbocycles. The minimum Gasteiger partial charge on any atom is -0.468 e. The normalized spacial score (nSPS) is 13.6. The van der Waals surface area contributed by atoms with Crippen LogP contribution in [0.15, 0.2) is 35.2 Å². The van der Waals surface area contributed by atoms with Crippen molar-refractivity contribution in [3.8, 4) is 0 Å². The zero-order chi connectivity index (χ0) is 16.2. The summed E-state index contributed by atoms with van der Waals surface area (Å²) in [5, 5.41) is 4.14. The molecule has 0 aliphatic carbocycles. The van der Waals surface area contributed by atoms with Gasteiger partial charge in [0.2, 0.25) is 0 Å². The van der Waals surface area contributed by atoms with Gasteiger partial charge in [-0.3, -0.25) is 9.58 Å². The molecule has 0 aliphatic heterocycles. The van der Waals surface area contributed by atoms with Crippen LogP contribution in [0.25, 0.3) is 0 Å². The molecule has 2 aromatic rings. The van der Waals surface area contributed by atoms with Crippen molar-refractivity contribution in [2.45, 2.75) is 33.0 Å². The Labute approximate surface area is 129 Å². The molecule has 2 rings (SSSR count). The van der Waals surface area contributed by atoms with Gasteiger partial charge in [-0.2, -0.15) is 13.5 Å². The molecule has 0 fully saturated rings. The lowest BCUT2D eigenvalue weighted by atomic mass is 10.2. The monoisotopic (exact) mass is 329 g/mol. The van der Waals surface area contributed by atoms with E-state index in [-0.39, 0.29) is 12.6 Å². The predicted molar refractivity (Wildman–Crippen MR) is 80.4 cm³/mol. The van der Waals surface area contributed by atoms with Crippen molar-refractivity contribution in [1.29, 1.82) is 0 Å². The predicted octanol–water partition coefficient (Wildman–Crippen LogP) is 1.97. The molecule has 0 saturated carbocycles. The number of hydrogen-bond acceptors (Lipinski definition) is 5. The van der Waals surface area contributed by atoms with Crippen LogP contribution in [0.5, 0.6) is 0 Å². The molecule has 1 atom stereocenters. The van der Waals surface area contributed by atoms with Crippen LogP contribution in [0.3, 0.4) is 0 Å². The average Bonchev–Trinajstić information content (AvgIpc) is 3.05. The molecule has 6 nitrogen and oxygen atoms in total. The highest BCUT2D eigenvalue weighted by Crippen LogP contribution is 2.15. The molecule has 122 valence electrons. The zero-order valence-electron chi connectivity index (χ0n) is 12.6. The zero-order valence-corrected chi connectivity index (χ0v) is 13.5. The highest BCUT2D eigenvalue weighted by Gasteiger charge is 2.20. The Bertz CT molecular complexity index is 682. The second kappa shape index (κ2) is 7.06. The molecule has 1 unspecified atom stereocenters. The van der Waals surface area contributed by atoms with Crippen LogP contribution in [0.2, 0.25) is 0 Å². The Balaban J connectivity index is 2.07. The lowest BCUT2D eigenvalue weighted by molar-refractivity contribution is 0.174. The third kappa shape index (κ3) is 4.96. The van der Waals surface area contributed by atoms with Crippen molar-refractivity contribution >= 4 is 10.2 Å². The van der Waals surface area contributed by atoms with Gasteiger partial charge in [0.15, 0.2) is 0 Å². The summed E-state index contributed by atoms with van der Waals surface area (Å²) in [5.41, 5.74) is 0.986. The van der Waals surface area contributed by atoms with E-state index in [9.17, 15) is 12.3 Å². The summed E-state index contributed by atoms with van der Waals surface area (Å²) in [4.78, 5) is 1.88. The molecule has 0 spiro atoms. The van der Waals surface area contributed by atoms with Crippen LogP contribution < -0.4 is 0 Å². The fourth-order valence-corrected chi connectivity index (χ4v) is 2.68. The number of halogens is 1. The van der Waals surface area contributed by atoms with Crippen LogP contribution in [0, 0.1) is 6.92 Å². The number of aryl methyl sites for hydroxylation is 1. The first kappa shape index (κ1) is 16.7. The fraction of sp³-hybridized carbons (Fsp3) is 0.500. The molecule has 0 amide bonds. The minimum absolute atomic E-state index is 0.0221. The largest absolute Gasteiger partial charge is 0.468 e. The summed E-state index contributed by atoms with van der Waals surface area (Å²) < 4.78 is 41.6. The Morgan fingerprint density at radius 1 is 1.50 bits per heavy atom. The lowest BCUT2D eigenvalue weighted by Gasteiger charge is -2.28. The summed E-state index contributed by atoms with van der Waals surface area (Å²) in [6.45, 7) is 4.98. The van der Waals surface area contributed by atoms with E-state index in [4.69, 9.17) is 4.42 Å². The molecule has 2 heterocycles. The summed E-state index contributed by atoms with van der Waals surface area (Å²) in [5.74, 6) is 0.222. The Kier molecular flexibility index (Phi) is 5.36. The number of furan rings is 1. The third-order valence-corrected chi connectivity index (χ3v) is 4.24. The first-order valence-corrected chi connectivity index (χ1v) is 8.57. The second-order valence-electron chi connectivity index (χ2n) is 5.32. The van der Waals surface area contributed by atoms with Crippen molar-refractivity contribution in [2.24, 2.45) is 0 Å². The maximum Gasteiger partial charge on any atom is 0.303 e. The smallest absolute Gasteiger partial charge is 0.303 e. The van der Waals surface area contributed by atoms with Crippen molar-refractivity contribution in [3.05, 3.63) is 42.1 Å². The highest BCUT2D eigenvalue weighted by molar-refractivity contribution is 7.86. The Morgan fingerprint density at radius 2 is 2.27 bits per heavy atom. The fourth-order valence-electron chi connectivity index (χ4n) is 2.23. The van der Waals surface area contributed by atoms with Gasteiger partial charge in [0, 0.05) is 25.0 Å². The van der Waals surface area contributed by atoms with Gasteiger partial charge in [0.05, 0.1) is 25.1 Å². The van der Waals surface area contributed by atoms with E-state index in [0.29, 0.717) is 13.1 Å². The molecule has 2 aromatic heterocycles. The van der Waals surface area contributed by atoms with Crippen LogP contribution in [0.4, 0.5) is 3.89 Å². The molecule has 8 heteroatoms. The van der Waals surface area contributed by atoms with Crippen molar-refractivity contribution < 1.29 is 16.7 Å². The van der Waals surface area contributed by atoms with E-state index in [1.807, 2.05) is 37.1 Å². The highest BCUT2D eigenvalue weighted by atomic mass is 32.3. The Morgan fingerprint density at radius 3 is 2.82 bits per heavy atom. The van der Waals surface area contributed by atoms with Gasteiger partial charge >= 0.3 is 10.2 Å². The molecule has 0 bridgehead atoms. The number of aromatic nitrogens is 2. The summed E-state index contributed by atoms with van der Waals surface area (Å²) in [6.07, 6.45) is 5.10. The molecular formula is C14H20FN3O3S. The lowest BCUT2D eigenvalue weighted by Crippen LogP contribution is -2.38. The van der Waals surface area contributed by atoms with Gasteiger partial charge in [-0.15, -0.1) is 3.89 Å². The maximum absolute atomic E-state index is 12.9. The van der Waals surface area contributed by atoms with Gasteiger partial charge in [-0.1, -0.05) is 0 Å².